The molecule has 8 heteroatoms. The van der Waals surface area contributed by atoms with Gasteiger partial charge >= 0.3 is 0 Å². The molecule has 2 rings (SSSR count). The lowest BCUT2D eigenvalue weighted by atomic mass is 10.2. The number of nitrogens with one attached hydrogen (secondary N) is 1. The molecule has 18 heavy (non-hydrogen) atoms. The van der Waals surface area contributed by atoms with Crippen LogP contribution in [0.3, 0.4) is 0 Å². The van der Waals surface area contributed by atoms with Crippen LogP contribution in [0.15, 0.2) is 10.4 Å². The highest BCUT2D eigenvalue weighted by Gasteiger charge is 2.38. The van der Waals surface area contributed by atoms with E-state index in [2.05, 4.69) is 10.3 Å². The molecule has 0 radical (unpaired) electrons. The number of amides is 1. The highest BCUT2D eigenvalue weighted by Crippen LogP contribution is 2.25. The van der Waals surface area contributed by atoms with Crippen molar-refractivity contribution in [1.29, 1.82) is 0 Å². The van der Waals surface area contributed by atoms with Crippen molar-refractivity contribution in [1.82, 2.24) is 14.6 Å². The van der Waals surface area contributed by atoms with Crippen molar-refractivity contribution in [3.05, 3.63) is 11.2 Å². The van der Waals surface area contributed by atoms with Crippen LogP contribution < -0.4 is 5.32 Å². The fourth-order valence-corrected chi connectivity index (χ4v) is 4.85. The minimum Gasteiger partial charge on any atom is -0.353 e. The molecule has 1 aromatic rings. The minimum absolute atomic E-state index is 0.202. The van der Waals surface area contributed by atoms with Gasteiger partial charge in [0, 0.05) is 13.1 Å². The van der Waals surface area contributed by atoms with E-state index < -0.39 is 16.1 Å². The Balaban J connectivity index is 2.37. The van der Waals surface area contributed by atoms with Gasteiger partial charge in [-0.15, -0.1) is 11.3 Å². The molecular formula is C10H15N3O3S2. The third kappa shape index (κ3) is 2.27. The standard InChI is InChI=1S/C10H15N3O3S2/c1-3-8-10(14)11-4-5-13(8)18(15,16)9-6-12-7(2)17-9/h6,8H,3-5H2,1-2H3,(H,11,14). The maximum absolute atomic E-state index is 12.4. The number of rotatable bonds is 3. The highest BCUT2D eigenvalue weighted by atomic mass is 32.2. The molecule has 100 valence electrons. The van der Waals surface area contributed by atoms with Crippen LogP contribution in [-0.2, 0) is 14.8 Å². The van der Waals surface area contributed by atoms with Crippen LogP contribution in [0.5, 0.6) is 0 Å². The SMILES string of the molecule is CCC1C(=O)NCCN1S(=O)(=O)c1cnc(C)s1. The summed E-state index contributed by atoms with van der Waals surface area (Å²) in [5.41, 5.74) is 0. The Morgan fingerprint density at radius 2 is 2.33 bits per heavy atom. The van der Waals surface area contributed by atoms with Crippen molar-refractivity contribution in [3.63, 3.8) is 0 Å². The quantitative estimate of drug-likeness (QED) is 0.871. The van der Waals surface area contributed by atoms with E-state index in [1.165, 1.54) is 10.5 Å². The molecule has 0 aromatic carbocycles. The van der Waals surface area contributed by atoms with E-state index in [1.807, 2.05) is 0 Å². The van der Waals surface area contributed by atoms with Crippen LogP contribution in [0.1, 0.15) is 18.4 Å². The second-order valence-electron chi connectivity index (χ2n) is 4.03. The molecular weight excluding hydrogens is 274 g/mol. The molecule has 1 aromatic heterocycles. The van der Waals surface area contributed by atoms with E-state index in [-0.39, 0.29) is 10.1 Å². The summed E-state index contributed by atoms with van der Waals surface area (Å²) in [5.74, 6) is -0.228. The van der Waals surface area contributed by atoms with Gasteiger partial charge < -0.3 is 5.32 Å². The van der Waals surface area contributed by atoms with Crippen molar-refractivity contribution < 1.29 is 13.2 Å². The van der Waals surface area contributed by atoms with Gasteiger partial charge in [-0.05, 0) is 13.3 Å². The Morgan fingerprint density at radius 3 is 2.89 bits per heavy atom. The molecule has 1 saturated heterocycles. The molecule has 1 unspecified atom stereocenters. The van der Waals surface area contributed by atoms with Crippen molar-refractivity contribution >= 4 is 27.3 Å². The van der Waals surface area contributed by atoms with Crippen LogP contribution in [0.25, 0.3) is 0 Å². The molecule has 0 saturated carbocycles. The molecule has 1 N–H and O–H groups in total. The molecule has 1 atom stereocenters. The fraction of sp³-hybridized carbons (Fsp3) is 0.600. The van der Waals surface area contributed by atoms with E-state index in [4.69, 9.17) is 0 Å². The van der Waals surface area contributed by atoms with Gasteiger partial charge in [0.1, 0.15) is 6.04 Å². The van der Waals surface area contributed by atoms with Crippen LogP contribution in [0.4, 0.5) is 0 Å². The second kappa shape index (κ2) is 4.94. The van der Waals surface area contributed by atoms with Crippen molar-refractivity contribution in [2.24, 2.45) is 0 Å². The molecule has 0 aliphatic carbocycles. The lowest BCUT2D eigenvalue weighted by Gasteiger charge is -2.32. The number of thiazole rings is 1. The molecule has 1 aliphatic rings. The number of carbonyl (C=O) groups excluding carboxylic acids is 1. The number of carbonyl (C=O) groups is 1. The number of sulfonamides is 1. The van der Waals surface area contributed by atoms with E-state index in [0.717, 1.165) is 11.3 Å². The van der Waals surface area contributed by atoms with Gasteiger partial charge in [-0.25, -0.2) is 13.4 Å². The van der Waals surface area contributed by atoms with Crippen molar-refractivity contribution in [3.8, 4) is 0 Å². The molecule has 0 spiro atoms. The Labute approximate surface area is 110 Å². The van der Waals surface area contributed by atoms with Gasteiger partial charge in [-0.1, -0.05) is 6.92 Å². The molecule has 2 heterocycles. The predicted octanol–water partition coefficient (Wildman–Crippen LogP) is 0.351. The van der Waals surface area contributed by atoms with Crippen molar-refractivity contribution in [2.45, 2.75) is 30.5 Å². The Bertz CT molecular complexity index is 552. The number of nitrogens with zero attached hydrogens (tertiary/aromatic N) is 2. The Hall–Kier alpha value is -0.990. The minimum atomic E-state index is -3.61. The van der Waals surface area contributed by atoms with Gasteiger partial charge in [0.05, 0.1) is 11.2 Å². The maximum Gasteiger partial charge on any atom is 0.254 e. The molecule has 1 fully saturated rings. The smallest absolute Gasteiger partial charge is 0.254 e. The summed E-state index contributed by atoms with van der Waals surface area (Å²) in [4.78, 5) is 15.6. The molecule has 0 bridgehead atoms. The zero-order valence-electron chi connectivity index (χ0n) is 10.2. The summed E-state index contributed by atoms with van der Waals surface area (Å²) >= 11 is 1.13. The van der Waals surface area contributed by atoms with E-state index in [1.54, 1.807) is 13.8 Å². The summed E-state index contributed by atoms with van der Waals surface area (Å²) in [6.45, 7) is 4.22. The Morgan fingerprint density at radius 1 is 1.61 bits per heavy atom. The number of hydrogen-bond donors (Lipinski definition) is 1. The summed E-state index contributed by atoms with van der Waals surface area (Å²) in [6.07, 6.45) is 1.82. The van der Waals surface area contributed by atoms with Crippen LogP contribution in [0, 0.1) is 6.92 Å². The predicted molar refractivity (Wildman–Crippen MR) is 67.8 cm³/mol. The second-order valence-corrected chi connectivity index (χ2v) is 7.38. The fourth-order valence-electron chi connectivity index (χ4n) is 1.95. The average Bonchev–Trinajstić information content (AvgIpc) is 2.76. The molecule has 6 nitrogen and oxygen atoms in total. The first-order chi connectivity index (χ1) is 8.46. The lowest BCUT2D eigenvalue weighted by molar-refractivity contribution is -0.126. The van der Waals surface area contributed by atoms with Gasteiger partial charge in [-0.3, -0.25) is 4.79 Å². The van der Waals surface area contributed by atoms with Crippen LogP contribution in [0.2, 0.25) is 0 Å². The monoisotopic (exact) mass is 289 g/mol. The van der Waals surface area contributed by atoms with Crippen LogP contribution >= 0.6 is 11.3 Å². The summed E-state index contributed by atoms with van der Waals surface area (Å²) in [6, 6.07) is -0.619. The summed E-state index contributed by atoms with van der Waals surface area (Å²) in [5, 5.41) is 3.38. The molecule has 1 amide bonds. The first-order valence-electron chi connectivity index (χ1n) is 5.68. The number of hydrogen-bond acceptors (Lipinski definition) is 5. The maximum atomic E-state index is 12.4. The topological polar surface area (TPSA) is 79.4 Å². The summed E-state index contributed by atoms with van der Waals surface area (Å²) < 4.78 is 26.3. The van der Waals surface area contributed by atoms with E-state index in [0.29, 0.717) is 24.5 Å². The Kier molecular flexibility index (Phi) is 3.69. The third-order valence-corrected chi connectivity index (χ3v) is 6.09. The first kappa shape index (κ1) is 13.4. The normalized spacial score (nSPS) is 21.9. The van der Waals surface area contributed by atoms with Crippen molar-refractivity contribution in [2.75, 3.05) is 13.1 Å². The summed E-state index contributed by atoms with van der Waals surface area (Å²) in [7, 11) is -3.61. The lowest BCUT2D eigenvalue weighted by Crippen LogP contribution is -2.56. The number of aromatic nitrogens is 1. The van der Waals surface area contributed by atoms with E-state index >= 15 is 0 Å². The largest absolute Gasteiger partial charge is 0.353 e. The van der Waals surface area contributed by atoms with Gasteiger partial charge in [0.15, 0.2) is 4.21 Å². The van der Waals surface area contributed by atoms with E-state index in [9.17, 15) is 13.2 Å². The molecule has 1 aliphatic heterocycles. The number of aryl methyl sites for hydroxylation is 1. The van der Waals surface area contributed by atoms with Crippen LogP contribution in [-0.4, -0.2) is 42.7 Å². The first-order valence-corrected chi connectivity index (χ1v) is 7.94. The third-order valence-electron chi connectivity index (χ3n) is 2.83. The van der Waals surface area contributed by atoms with Gasteiger partial charge in [-0.2, -0.15) is 4.31 Å². The van der Waals surface area contributed by atoms with Gasteiger partial charge in [0.25, 0.3) is 10.0 Å². The highest BCUT2D eigenvalue weighted by molar-refractivity contribution is 7.91. The van der Waals surface area contributed by atoms with Gasteiger partial charge in [0.2, 0.25) is 5.91 Å². The zero-order chi connectivity index (χ0) is 13.3. The zero-order valence-corrected chi connectivity index (χ0v) is 11.8. The average molecular weight is 289 g/mol. The number of piperazine rings is 1.